The van der Waals surface area contributed by atoms with E-state index in [0.29, 0.717) is 17.9 Å². The smallest absolute Gasteiger partial charge is 0.255 e. The van der Waals surface area contributed by atoms with E-state index in [1.807, 2.05) is 6.07 Å². The second kappa shape index (κ2) is 6.20. The molecule has 1 amide bonds. The van der Waals surface area contributed by atoms with Gasteiger partial charge in [-0.05, 0) is 31.0 Å². The lowest BCUT2D eigenvalue weighted by atomic mass is 10.2. The van der Waals surface area contributed by atoms with E-state index in [-0.39, 0.29) is 12.0 Å². The van der Waals surface area contributed by atoms with Gasteiger partial charge >= 0.3 is 0 Å². The van der Waals surface area contributed by atoms with Crippen molar-refractivity contribution < 1.29 is 14.3 Å². The lowest BCUT2D eigenvalue weighted by Crippen LogP contribution is -2.32. The summed E-state index contributed by atoms with van der Waals surface area (Å²) in [6.07, 6.45) is 2.23. The minimum atomic E-state index is -0.136. The Bertz CT molecular complexity index is 430. The predicted molar refractivity (Wildman–Crippen MR) is 72.0 cm³/mol. The number of ether oxygens (including phenoxy) is 2. The molecule has 1 aliphatic rings. The molecule has 1 aromatic rings. The van der Waals surface area contributed by atoms with Gasteiger partial charge in [0.15, 0.2) is 0 Å². The average molecular weight is 314 g/mol. The van der Waals surface area contributed by atoms with Crippen LogP contribution in [-0.4, -0.2) is 32.3 Å². The highest BCUT2D eigenvalue weighted by Crippen LogP contribution is 2.23. The first-order valence-electron chi connectivity index (χ1n) is 5.94. The fourth-order valence-electron chi connectivity index (χ4n) is 1.96. The molecule has 1 fully saturated rings. The van der Waals surface area contributed by atoms with Crippen molar-refractivity contribution >= 4 is 21.8 Å². The monoisotopic (exact) mass is 313 g/mol. The molecule has 1 heterocycles. The fraction of sp³-hybridized carbons (Fsp3) is 0.462. The first-order valence-corrected chi connectivity index (χ1v) is 6.73. The Kier molecular flexibility index (Phi) is 4.60. The first-order chi connectivity index (χ1) is 8.70. The van der Waals surface area contributed by atoms with Crippen LogP contribution in [0.2, 0.25) is 0 Å². The van der Waals surface area contributed by atoms with Crippen LogP contribution in [0.1, 0.15) is 23.2 Å². The van der Waals surface area contributed by atoms with Crippen LogP contribution in [0.15, 0.2) is 22.7 Å². The number of benzene rings is 1. The topological polar surface area (TPSA) is 47.6 Å². The zero-order chi connectivity index (χ0) is 13.0. The van der Waals surface area contributed by atoms with Crippen molar-refractivity contribution in [3.8, 4) is 5.75 Å². The Balaban J connectivity index is 2.00. The largest absolute Gasteiger partial charge is 0.496 e. The number of nitrogens with one attached hydrogen (secondary N) is 1. The summed E-state index contributed by atoms with van der Waals surface area (Å²) in [5.41, 5.74) is 0.532. The highest BCUT2D eigenvalue weighted by molar-refractivity contribution is 9.10. The van der Waals surface area contributed by atoms with Crippen LogP contribution < -0.4 is 10.1 Å². The summed E-state index contributed by atoms with van der Waals surface area (Å²) >= 11 is 3.35. The summed E-state index contributed by atoms with van der Waals surface area (Å²) in [6, 6.07) is 5.37. The molecule has 0 bridgehead atoms. The van der Waals surface area contributed by atoms with E-state index in [4.69, 9.17) is 9.47 Å². The molecule has 1 unspecified atom stereocenters. The number of amides is 1. The number of hydrogen-bond donors (Lipinski definition) is 1. The average Bonchev–Trinajstić information content (AvgIpc) is 2.89. The minimum absolute atomic E-state index is 0.136. The van der Waals surface area contributed by atoms with Crippen molar-refractivity contribution in [2.75, 3.05) is 20.3 Å². The van der Waals surface area contributed by atoms with Crippen molar-refractivity contribution in [2.45, 2.75) is 18.9 Å². The lowest BCUT2D eigenvalue weighted by molar-refractivity contribution is 0.0855. The zero-order valence-electron chi connectivity index (χ0n) is 10.2. The number of methoxy groups -OCH3 is 1. The van der Waals surface area contributed by atoms with Crippen LogP contribution in [0.3, 0.4) is 0 Å². The predicted octanol–water partition coefficient (Wildman–Crippen LogP) is 2.37. The van der Waals surface area contributed by atoms with E-state index < -0.39 is 0 Å². The van der Waals surface area contributed by atoms with Crippen LogP contribution in [0.25, 0.3) is 0 Å². The summed E-state index contributed by atoms with van der Waals surface area (Å²) in [5.74, 6) is 0.437. The summed E-state index contributed by atoms with van der Waals surface area (Å²) in [5, 5.41) is 2.88. The highest BCUT2D eigenvalue weighted by Gasteiger charge is 2.18. The van der Waals surface area contributed by atoms with Crippen LogP contribution in [0.4, 0.5) is 0 Å². The van der Waals surface area contributed by atoms with Gasteiger partial charge < -0.3 is 14.8 Å². The van der Waals surface area contributed by atoms with Crippen LogP contribution >= 0.6 is 15.9 Å². The Morgan fingerprint density at radius 2 is 2.44 bits per heavy atom. The molecule has 1 aromatic carbocycles. The van der Waals surface area contributed by atoms with E-state index >= 15 is 0 Å². The number of carbonyl (C=O) groups excluding carboxylic acids is 1. The van der Waals surface area contributed by atoms with Gasteiger partial charge in [-0.1, -0.05) is 15.9 Å². The Morgan fingerprint density at radius 1 is 1.61 bits per heavy atom. The minimum Gasteiger partial charge on any atom is -0.496 e. The van der Waals surface area contributed by atoms with Crippen LogP contribution in [-0.2, 0) is 4.74 Å². The molecule has 1 atom stereocenters. The quantitative estimate of drug-likeness (QED) is 0.928. The van der Waals surface area contributed by atoms with E-state index in [0.717, 1.165) is 23.9 Å². The van der Waals surface area contributed by atoms with Crippen molar-refractivity contribution in [1.29, 1.82) is 0 Å². The van der Waals surface area contributed by atoms with Gasteiger partial charge in [-0.25, -0.2) is 0 Å². The molecule has 0 radical (unpaired) electrons. The maximum Gasteiger partial charge on any atom is 0.255 e. The molecule has 18 heavy (non-hydrogen) atoms. The second-order valence-electron chi connectivity index (χ2n) is 4.19. The molecule has 1 aliphatic heterocycles. The third-order valence-electron chi connectivity index (χ3n) is 2.92. The summed E-state index contributed by atoms with van der Waals surface area (Å²) in [4.78, 5) is 12.1. The van der Waals surface area contributed by atoms with Gasteiger partial charge in [0.1, 0.15) is 5.75 Å². The van der Waals surface area contributed by atoms with Gasteiger partial charge in [-0.15, -0.1) is 0 Å². The molecular weight excluding hydrogens is 298 g/mol. The van der Waals surface area contributed by atoms with E-state index in [1.165, 1.54) is 0 Å². The highest BCUT2D eigenvalue weighted by atomic mass is 79.9. The van der Waals surface area contributed by atoms with Crippen molar-refractivity contribution in [3.05, 3.63) is 28.2 Å². The number of hydrogen-bond acceptors (Lipinski definition) is 3. The van der Waals surface area contributed by atoms with Crippen molar-refractivity contribution in [3.63, 3.8) is 0 Å². The molecule has 0 spiro atoms. The zero-order valence-corrected chi connectivity index (χ0v) is 11.8. The Hall–Kier alpha value is -1.07. The lowest BCUT2D eigenvalue weighted by Gasteiger charge is -2.12. The van der Waals surface area contributed by atoms with Crippen LogP contribution in [0, 0.1) is 0 Å². The third-order valence-corrected chi connectivity index (χ3v) is 3.41. The summed E-state index contributed by atoms with van der Waals surface area (Å²) < 4.78 is 11.5. The van der Waals surface area contributed by atoms with Gasteiger partial charge in [-0.3, -0.25) is 4.79 Å². The Morgan fingerprint density at radius 3 is 3.11 bits per heavy atom. The maximum atomic E-state index is 12.1. The van der Waals surface area contributed by atoms with Crippen molar-refractivity contribution in [2.24, 2.45) is 0 Å². The first kappa shape index (κ1) is 13.4. The Labute approximate surface area is 115 Å². The molecule has 2 rings (SSSR count). The molecule has 5 heteroatoms. The third kappa shape index (κ3) is 3.23. The number of halogens is 1. The molecular formula is C13H16BrNO3. The molecule has 0 aromatic heterocycles. The molecule has 98 valence electrons. The van der Waals surface area contributed by atoms with Gasteiger partial charge in [-0.2, -0.15) is 0 Å². The SMILES string of the molecule is COc1ccc(Br)cc1C(=O)NCC1CCCO1. The van der Waals surface area contributed by atoms with E-state index in [9.17, 15) is 4.79 Å². The summed E-state index contributed by atoms with van der Waals surface area (Å²) in [7, 11) is 1.56. The van der Waals surface area contributed by atoms with Crippen LogP contribution in [0.5, 0.6) is 5.75 Å². The maximum absolute atomic E-state index is 12.1. The normalized spacial score (nSPS) is 18.7. The van der Waals surface area contributed by atoms with Gasteiger partial charge in [0.2, 0.25) is 0 Å². The fourth-order valence-corrected chi connectivity index (χ4v) is 2.33. The molecule has 1 saturated heterocycles. The van der Waals surface area contributed by atoms with E-state index in [1.54, 1.807) is 19.2 Å². The number of carbonyl (C=O) groups is 1. The molecule has 0 aliphatic carbocycles. The van der Waals surface area contributed by atoms with Gasteiger partial charge in [0.05, 0.1) is 18.8 Å². The molecule has 0 saturated carbocycles. The second-order valence-corrected chi connectivity index (χ2v) is 5.11. The molecule has 1 N–H and O–H groups in total. The standard InChI is InChI=1S/C13H16BrNO3/c1-17-12-5-4-9(14)7-11(12)13(16)15-8-10-3-2-6-18-10/h4-5,7,10H,2-3,6,8H2,1H3,(H,15,16). The number of rotatable bonds is 4. The molecule has 4 nitrogen and oxygen atoms in total. The van der Waals surface area contributed by atoms with Gasteiger partial charge in [0, 0.05) is 17.6 Å². The van der Waals surface area contributed by atoms with Gasteiger partial charge in [0.25, 0.3) is 5.91 Å². The van der Waals surface area contributed by atoms with Crippen molar-refractivity contribution in [1.82, 2.24) is 5.32 Å². The van der Waals surface area contributed by atoms with E-state index in [2.05, 4.69) is 21.2 Å². The summed E-state index contributed by atoms with van der Waals surface area (Å²) in [6.45, 7) is 1.34.